The molecule has 0 saturated heterocycles. The molecule has 1 heterocycles. The molecule has 1 fully saturated rings. The molecule has 0 amide bonds. The van der Waals surface area contributed by atoms with Crippen LogP contribution in [0.1, 0.15) is 63.3 Å². The summed E-state index contributed by atoms with van der Waals surface area (Å²) in [6.07, 6.45) is 6.29. The molecule has 0 atom stereocenters. The standard InChI is InChI=1S/C15H22N4/c1-4-11-12(10-16)14(19-18-13(11)5-2)17-15(6-3)8-7-9-15/h4-9H2,1-3H3,(H,17,19). The van der Waals surface area contributed by atoms with Crippen molar-refractivity contribution < 1.29 is 0 Å². The van der Waals surface area contributed by atoms with E-state index >= 15 is 0 Å². The number of aromatic nitrogens is 2. The summed E-state index contributed by atoms with van der Waals surface area (Å²) in [6, 6.07) is 2.32. The molecular weight excluding hydrogens is 236 g/mol. The lowest BCUT2D eigenvalue weighted by atomic mass is 9.75. The normalized spacial score (nSPS) is 16.5. The zero-order chi connectivity index (χ0) is 13.9. The number of nitrogens with one attached hydrogen (secondary N) is 1. The number of hydrogen-bond donors (Lipinski definition) is 1. The van der Waals surface area contributed by atoms with Gasteiger partial charge in [0.2, 0.25) is 0 Å². The molecule has 4 heteroatoms. The lowest BCUT2D eigenvalue weighted by molar-refractivity contribution is 0.268. The first-order valence-electron chi connectivity index (χ1n) is 7.26. The summed E-state index contributed by atoms with van der Waals surface area (Å²) < 4.78 is 0. The molecule has 0 unspecified atom stereocenters. The summed E-state index contributed by atoms with van der Waals surface area (Å²) in [7, 11) is 0. The SMILES string of the molecule is CCc1nnc(NC2(CC)CCC2)c(C#N)c1CC. The van der Waals surface area contributed by atoms with Gasteiger partial charge in [-0.3, -0.25) is 0 Å². The van der Waals surface area contributed by atoms with Crippen molar-refractivity contribution in [2.24, 2.45) is 0 Å². The van der Waals surface area contributed by atoms with Crippen LogP contribution in [-0.4, -0.2) is 15.7 Å². The molecule has 0 aromatic carbocycles. The zero-order valence-corrected chi connectivity index (χ0v) is 12.1. The minimum atomic E-state index is 0.138. The molecule has 1 N–H and O–H groups in total. The van der Waals surface area contributed by atoms with Gasteiger partial charge in [-0.15, -0.1) is 5.10 Å². The second-order valence-corrected chi connectivity index (χ2v) is 5.28. The van der Waals surface area contributed by atoms with Crippen molar-refractivity contribution in [2.45, 2.75) is 64.8 Å². The van der Waals surface area contributed by atoms with Gasteiger partial charge in [-0.05, 0) is 44.1 Å². The molecular formula is C15H22N4. The van der Waals surface area contributed by atoms with E-state index in [9.17, 15) is 5.26 Å². The van der Waals surface area contributed by atoms with Crippen LogP contribution in [0.15, 0.2) is 0 Å². The van der Waals surface area contributed by atoms with Crippen LogP contribution >= 0.6 is 0 Å². The zero-order valence-electron chi connectivity index (χ0n) is 12.1. The monoisotopic (exact) mass is 258 g/mol. The van der Waals surface area contributed by atoms with Crippen molar-refractivity contribution in [1.29, 1.82) is 5.26 Å². The lowest BCUT2D eigenvalue weighted by Crippen LogP contribution is -2.44. The van der Waals surface area contributed by atoms with E-state index in [-0.39, 0.29) is 5.54 Å². The van der Waals surface area contributed by atoms with Gasteiger partial charge in [-0.25, -0.2) is 0 Å². The van der Waals surface area contributed by atoms with Gasteiger partial charge in [-0.1, -0.05) is 20.8 Å². The van der Waals surface area contributed by atoms with Crippen molar-refractivity contribution in [2.75, 3.05) is 5.32 Å². The van der Waals surface area contributed by atoms with E-state index in [4.69, 9.17) is 0 Å². The van der Waals surface area contributed by atoms with E-state index in [1.165, 1.54) is 6.42 Å². The number of hydrogen-bond acceptors (Lipinski definition) is 4. The Morgan fingerprint density at radius 1 is 1.21 bits per heavy atom. The van der Waals surface area contributed by atoms with Gasteiger partial charge < -0.3 is 5.32 Å². The van der Waals surface area contributed by atoms with Crippen LogP contribution in [0.5, 0.6) is 0 Å². The molecule has 0 radical (unpaired) electrons. The van der Waals surface area contributed by atoms with Crippen LogP contribution in [0.25, 0.3) is 0 Å². The minimum absolute atomic E-state index is 0.138. The molecule has 1 aromatic heterocycles. The fraction of sp³-hybridized carbons (Fsp3) is 0.667. The third-order valence-corrected chi connectivity index (χ3v) is 4.33. The van der Waals surface area contributed by atoms with E-state index in [1.807, 2.05) is 0 Å². The second kappa shape index (κ2) is 5.56. The largest absolute Gasteiger partial charge is 0.362 e. The smallest absolute Gasteiger partial charge is 0.167 e. The Morgan fingerprint density at radius 2 is 1.95 bits per heavy atom. The molecule has 102 valence electrons. The van der Waals surface area contributed by atoms with Crippen molar-refractivity contribution in [3.63, 3.8) is 0 Å². The van der Waals surface area contributed by atoms with Gasteiger partial charge in [0.25, 0.3) is 0 Å². The Kier molecular flexibility index (Phi) is 4.04. The van der Waals surface area contributed by atoms with Crippen LogP contribution in [0, 0.1) is 11.3 Å². The predicted octanol–water partition coefficient (Wildman–Crippen LogP) is 3.22. The summed E-state index contributed by atoms with van der Waals surface area (Å²) in [5.41, 5.74) is 2.82. The summed E-state index contributed by atoms with van der Waals surface area (Å²) in [5.74, 6) is 0.679. The van der Waals surface area contributed by atoms with E-state index in [2.05, 4.69) is 42.4 Å². The highest BCUT2D eigenvalue weighted by Crippen LogP contribution is 2.38. The first-order valence-corrected chi connectivity index (χ1v) is 7.26. The fourth-order valence-electron chi connectivity index (χ4n) is 2.80. The molecule has 4 nitrogen and oxygen atoms in total. The molecule has 0 aliphatic heterocycles. The van der Waals surface area contributed by atoms with Crippen molar-refractivity contribution in [3.05, 3.63) is 16.8 Å². The highest BCUT2D eigenvalue weighted by atomic mass is 15.2. The van der Waals surface area contributed by atoms with Gasteiger partial charge in [0, 0.05) is 5.54 Å². The van der Waals surface area contributed by atoms with Crippen molar-refractivity contribution in [1.82, 2.24) is 10.2 Å². The lowest BCUT2D eigenvalue weighted by Gasteiger charge is -2.42. The van der Waals surface area contributed by atoms with E-state index in [0.717, 1.165) is 43.4 Å². The topological polar surface area (TPSA) is 61.6 Å². The molecule has 1 aliphatic rings. The average molecular weight is 258 g/mol. The maximum absolute atomic E-state index is 9.45. The highest BCUT2D eigenvalue weighted by molar-refractivity contribution is 5.57. The van der Waals surface area contributed by atoms with Crippen LogP contribution in [0.3, 0.4) is 0 Å². The van der Waals surface area contributed by atoms with Gasteiger partial charge in [-0.2, -0.15) is 10.4 Å². The summed E-state index contributed by atoms with van der Waals surface area (Å²) in [6.45, 7) is 6.31. The Bertz CT molecular complexity index is 492. The molecule has 19 heavy (non-hydrogen) atoms. The quantitative estimate of drug-likeness (QED) is 0.880. The fourth-order valence-corrected chi connectivity index (χ4v) is 2.80. The highest BCUT2D eigenvalue weighted by Gasteiger charge is 2.36. The molecule has 2 rings (SSSR count). The van der Waals surface area contributed by atoms with Gasteiger partial charge in [0.15, 0.2) is 5.82 Å². The molecule has 0 spiro atoms. The molecule has 0 bridgehead atoms. The maximum atomic E-state index is 9.45. The van der Waals surface area contributed by atoms with Crippen LogP contribution in [0.2, 0.25) is 0 Å². The summed E-state index contributed by atoms with van der Waals surface area (Å²) in [4.78, 5) is 0. The molecule has 1 aromatic rings. The van der Waals surface area contributed by atoms with Crippen molar-refractivity contribution in [3.8, 4) is 6.07 Å². The summed E-state index contributed by atoms with van der Waals surface area (Å²) in [5, 5.41) is 21.5. The van der Waals surface area contributed by atoms with E-state index < -0.39 is 0 Å². The Balaban J connectivity index is 2.38. The molecule has 1 aliphatic carbocycles. The number of rotatable bonds is 5. The van der Waals surface area contributed by atoms with Crippen LogP contribution in [-0.2, 0) is 12.8 Å². The van der Waals surface area contributed by atoms with Gasteiger partial charge >= 0.3 is 0 Å². The third kappa shape index (κ3) is 2.42. The van der Waals surface area contributed by atoms with E-state index in [1.54, 1.807) is 0 Å². The van der Waals surface area contributed by atoms with Crippen molar-refractivity contribution >= 4 is 5.82 Å². The Hall–Kier alpha value is -1.63. The Morgan fingerprint density at radius 3 is 2.37 bits per heavy atom. The minimum Gasteiger partial charge on any atom is -0.362 e. The van der Waals surface area contributed by atoms with Gasteiger partial charge in [0.1, 0.15) is 11.6 Å². The summed E-state index contributed by atoms with van der Waals surface area (Å²) >= 11 is 0. The van der Waals surface area contributed by atoms with E-state index in [0.29, 0.717) is 11.4 Å². The van der Waals surface area contributed by atoms with Gasteiger partial charge in [0.05, 0.1) is 5.69 Å². The van der Waals surface area contributed by atoms with Crippen LogP contribution < -0.4 is 5.32 Å². The molecule has 1 saturated carbocycles. The third-order valence-electron chi connectivity index (χ3n) is 4.33. The average Bonchev–Trinajstić information content (AvgIpc) is 2.41. The Labute approximate surface area is 115 Å². The maximum Gasteiger partial charge on any atom is 0.167 e. The van der Waals surface area contributed by atoms with Crippen LogP contribution in [0.4, 0.5) is 5.82 Å². The number of anilines is 1. The predicted molar refractivity (Wildman–Crippen MR) is 76.0 cm³/mol. The first kappa shape index (κ1) is 13.8. The number of nitriles is 1. The second-order valence-electron chi connectivity index (χ2n) is 5.28. The number of nitrogens with zero attached hydrogens (tertiary/aromatic N) is 3. The number of aryl methyl sites for hydroxylation is 1. The first-order chi connectivity index (χ1) is 9.19.